The van der Waals surface area contributed by atoms with Crippen LogP contribution in [-0.4, -0.2) is 70.1 Å². The molecule has 204 valence electrons. The molecule has 2 aromatic rings. The summed E-state index contributed by atoms with van der Waals surface area (Å²) in [6.07, 6.45) is 6.79. The normalized spacial score (nSPS) is 17.0. The first-order valence-electron chi connectivity index (χ1n) is 13.7. The summed E-state index contributed by atoms with van der Waals surface area (Å²) in [5.74, 6) is -0.559. The lowest BCUT2D eigenvalue weighted by Gasteiger charge is -2.36. The molecule has 0 spiro atoms. The fraction of sp³-hybridized carbons (Fsp3) is 0.500. The first kappa shape index (κ1) is 27.6. The average Bonchev–Trinajstić information content (AvgIpc) is 3.32. The summed E-state index contributed by atoms with van der Waals surface area (Å²) >= 11 is 0. The third kappa shape index (κ3) is 7.57. The van der Waals surface area contributed by atoms with E-state index in [1.807, 2.05) is 29.2 Å². The molecule has 4 rings (SSSR count). The molecular weight excluding hydrogens is 484 g/mol. The third-order valence-corrected chi connectivity index (χ3v) is 7.61. The molecule has 1 amide bonds. The predicted molar refractivity (Wildman–Crippen MR) is 143 cm³/mol. The number of aliphatic carboxylic acids is 1. The molecule has 8 nitrogen and oxygen atoms in total. The Morgan fingerprint density at radius 2 is 1.84 bits per heavy atom. The van der Waals surface area contributed by atoms with Crippen molar-refractivity contribution in [3.8, 4) is 5.75 Å². The zero-order valence-corrected chi connectivity index (χ0v) is 21.9. The number of amides is 1. The second kappa shape index (κ2) is 13.4. The molecule has 0 radical (unpaired) electrons. The van der Waals surface area contributed by atoms with Crippen LogP contribution in [0.5, 0.6) is 5.75 Å². The van der Waals surface area contributed by atoms with Crippen LogP contribution in [0, 0.1) is 0 Å². The molecule has 2 N–H and O–H groups in total. The molecule has 1 heterocycles. The highest BCUT2D eigenvalue weighted by molar-refractivity contribution is 5.87. The van der Waals surface area contributed by atoms with E-state index in [1.165, 1.54) is 11.1 Å². The van der Waals surface area contributed by atoms with Crippen LogP contribution in [0.3, 0.4) is 0 Å². The van der Waals surface area contributed by atoms with Crippen molar-refractivity contribution < 1.29 is 29.3 Å². The molecule has 1 saturated heterocycles. The summed E-state index contributed by atoms with van der Waals surface area (Å²) in [6, 6.07) is 13.5. The summed E-state index contributed by atoms with van der Waals surface area (Å²) in [6.45, 7) is 3.62. The van der Waals surface area contributed by atoms with Crippen LogP contribution in [0.15, 0.2) is 42.5 Å². The lowest BCUT2D eigenvalue weighted by atomic mass is 9.86. The molecule has 0 bridgehead atoms. The molecule has 1 aliphatic carbocycles. The minimum atomic E-state index is -0.939. The van der Waals surface area contributed by atoms with Crippen molar-refractivity contribution in [1.29, 1.82) is 0 Å². The van der Waals surface area contributed by atoms with Gasteiger partial charge in [0.05, 0.1) is 12.2 Å². The zero-order chi connectivity index (χ0) is 26.9. The second-order valence-corrected chi connectivity index (χ2v) is 10.3. The molecule has 2 aliphatic rings. The van der Waals surface area contributed by atoms with Gasteiger partial charge in [-0.25, -0.2) is 4.79 Å². The molecule has 38 heavy (non-hydrogen) atoms. The van der Waals surface area contributed by atoms with Gasteiger partial charge >= 0.3 is 11.9 Å². The number of ether oxygens (including phenoxy) is 1. The Balaban J connectivity index is 1.41. The molecule has 0 saturated carbocycles. The van der Waals surface area contributed by atoms with Gasteiger partial charge in [0.2, 0.25) is 5.91 Å². The first-order valence-corrected chi connectivity index (χ1v) is 13.7. The van der Waals surface area contributed by atoms with Gasteiger partial charge in [-0.1, -0.05) is 24.3 Å². The second-order valence-electron chi connectivity index (χ2n) is 10.3. The van der Waals surface area contributed by atoms with E-state index in [0.29, 0.717) is 26.0 Å². The van der Waals surface area contributed by atoms with E-state index in [9.17, 15) is 19.5 Å². The van der Waals surface area contributed by atoms with E-state index in [4.69, 9.17) is 9.84 Å². The third-order valence-electron chi connectivity index (χ3n) is 7.61. The van der Waals surface area contributed by atoms with Crippen molar-refractivity contribution >= 4 is 17.8 Å². The fourth-order valence-electron chi connectivity index (χ4n) is 5.53. The van der Waals surface area contributed by atoms with Crippen molar-refractivity contribution in [1.82, 2.24) is 9.80 Å². The van der Waals surface area contributed by atoms with E-state index in [1.54, 1.807) is 12.1 Å². The van der Waals surface area contributed by atoms with Gasteiger partial charge in [-0.15, -0.1) is 0 Å². The number of likely N-dealkylation sites (tertiary alicyclic amines) is 1. The van der Waals surface area contributed by atoms with Crippen LogP contribution < -0.4 is 4.74 Å². The highest BCUT2D eigenvalue weighted by atomic mass is 16.5. The highest BCUT2D eigenvalue weighted by Crippen LogP contribution is 2.32. The lowest BCUT2D eigenvalue weighted by molar-refractivity contribution is -0.137. The van der Waals surface area contributed by atoms with Gasteiger partial charge in [-0.05, 0) is 86.4 Å². The maximum Gasteiger partial charge on any atom is 0.335 e. The Hall–Kier alpha value is -3.39. The van der Waals surface area contributed by atoms with Gasteiger partial charge in [-0.2, -0.15) is 0 Å². The van der Waals surface area contributed by atoms with E-state index >= 15 is 0 Å². The van der Waals surface area contributed by atoms with Crippen LogP contribution in [0.2, 0.25) is 0 Å². The van der Waals surface area contributed by atoms with Crippen LogP contribution in [0.25, 0.3) is 0 Å². The van der Waals surface area contributed by atoms with Gasteiger partial charge in [-0.3, -0.25) is 14.5 Å². The molecular formula is C30H38N2O6. The molecule has 8 heteroatoms. The van der Waals surface area contributed by atoms with E-state index in [-0.39, 0.29) is 23.9 Å². The first-order chi connectivity index (χ1) is 18.4. The van der Waals surface area contributed by atoms with Crippen LogP contribution in [0.4, 0.5) is 0 Å². The fourth-order valence-corrected chi connectivity index (χ4v) is 5.53. The number of aromatic carboxylic acids is 1. The number of carbonyl (C=O) groups is 3. The summed E-state index contributed by atoms with van der Waals surface area (Å²) in [4.78, 5) is 38.4. The zero-order valence-electron chi connectivity index (χ0n) is 21.9. The number of hydrogen-bond acceptors (Lipinski definition) is 5. The minimum Gasteiger partial charge on any atom is -0.493 e. The number of nitrogens with zero attached hydrogens (tertiary/aromatic N) is 2. The van der Waals surface area contributed by atoms with E-state index in [0.717, 1.165) is 69.5 Å². The van der Waals surface area contributed by atoms with Gasteiger partial charge in [0.15, 0.2) is 0 Å². The Morgan fingerprint density at radius 3 is 2.55 bits per heavy atom. The number of unbranched alkanes of at least 4 members (excludes halogenated alkanes) is 1. The Bertz CT molecular complexity index is 1120. The number of carbonyl (C=O) groups excluding carboxylic acids is 1. The highest BCUT2D eigenvalue weighted by Gasteiger charge is 2.27. The number of rotatable bonds is 14. The summed E-state index contributed by atoms with van der Waals surface area (Å²) in [7, 11) is 0. The predicted octanol–water partition coefficient (Wildman–Crippen LogP) is 4.39. The topological polar surface area (TPSA) is 107 Å². The molecule has 1 aliphatic heterocycles. The van der Waals surface area contributed by atoms with E-state index < -0.39 is 11.9 Å². The van der Waals surface area contributed by atoms with Crippen molar-refractivity contribution in [3.05, 3.63) is 64.7 Å². The number of fused-ring (bicyclic) bond motifs is 1. The maximum atomic E-state index is 11.9. The van der Waals surface area contributed by atoms with Crippen LogP contribution >= 0.6 is 0 Å². The van der Waals surface area contributed by atoms with Crippen molar-refractivity contribution in [2.24, 2.45) is 0 Å². The van der Waals surface area contributed by atoms with Gasteiger partial charge in [0.1, 0.15) is 5.75 Å². The average molecular weight is 523 g/mol. The Kier molecular flexibility index (Phi) is 9.76. The van der Waals surface area contributed by atoms with Gasteiger partial charge < -0.3 is 19.8 Å². The van der Waals surface area contributed by atoms with Crippen molar-refractivity contribution in [2.45, 2.75) is 70.4 Å². The molecule has 1 unspecified atom stereocenters. The lowest BCUT2D eigenvalue weighted by Crippen LogP contribution is -2.39. The largest absolute Gasteiger partial charge is 0.493 e. The van der Waals surface area contributed by atoms with Gasteiger partial charge in [0, 0.05) is 38.5 Å². The quantitative estimate of drug-likeness (QED) is 0.354. The molecule has 0 aromatic heterocycles. The molecule has 1 atom stereocenters. The van der Waals surface area contributed by atoms with E-state index in [2.05, 4.69) is 11.0 Å². The number of hydrogen-bond donors (Lipinski definition) is 2. The SMILES string of the molecule is O=C(O)CCCCN(Cc1ccc(C(=O)O)cc1)C1CCc2cccc(OCCCN3CCCC3=O)c2C1. The summed E-state index contributed by atoms with van der Waals surface area (Å²) < 4.78 is 6.23. The number of carboxylic acid groups (broad SMARTS) is 2. The van der Waals surface area contributed by atoms with Crippen LogP contribution in [-0.2, 0) is 29.0 Å². The summed E-state index contributed by atoms with van der Waals surface area (Å²) in [5.41, 5.74) is 3.85. The van der Waals surface area contributed by atoms with Crippen LogP contribution in [0.1, 0.15) is 72.0 Å². The number of carboxylic acids is 2. The monoisotopic (exact) mass is 522 g/mol. The smallest absolute Gasteiger partial charge is 0.335 e. The number of benzene rings is 2. The molecule has 2 aromatic carbocycles. The Labute approximate surface area is 224 Å². The van der Waals surface area contributed by atoms with Crippen molar-refractivity contribution in [3.63, 3.8) is 0 Å². The Morgan fingerprint density at radius 1 is 1.03 bits per heavy atom. The standard InChI is InChI=1S/C30H38N2O6/c33-28-8-4-17-31(28)18-5-19-38-27-7-3-6-23-14-15-25(20-26(23)27)32(16-2-1-9-29(34)35)21-22-10-12-24(13-11-22)30(36)37/h3,6-7,10-13,25H,1-2,4-5,8-9,14-21H2,(H,34,35)(H,36,37). The minimum absolute atomic E-state index is 0.162. The maximum absolute atomic E-state index is 11.9. The van der Waals surface area contributed by atoms with Crippen molar-refractivity contribution in [2.75, 3.05) is 26.2 Å². The number of aryl methyl sites for hydroxylation is 1. The molecule has 1 fully saturated rings. The van der Waals surface area contributed by atoms with Gasteiger partial charge in [0.25, 0.3) is 0 Å². The summed E-state index contributed by atoms with van der Waals surface area (Å²) in [5, 5.41) is 18.3.